The van der Waals surface area contributed by atoms with Crippen molar-refractivity contribution in [1.82, 2.24) is 20.4 Å². The van der Waals surface area contributed by atoms with Crippen molar-refractivity contribution in [3.63, 3.8) is 0 Å². The van der Waals surface area contributed by atoms with Crippen molar-refractivity contribution in [3.8, 4) is 11.5 Å². The molecule has 0 unspecified atom stereocenters. The largest absolute Gasteiger partial charge is 0.454 e. The highest BCUT2D eigenvalue weighted by molar-refractivity contribution is 7.15. The molecule has 2 N–H and O–H groups in total. The summed E-state index contributed by atoms with van der Waals surface area (Å²) >= 11 is 0.940. The molecule has 10 nitrogen and oxygen atoms in total. The molecule has 3 amide bonds. The lowest BCUT2D eigenvalue weighted by atomic mass is 9.96. The normalized spacial score (nSPS) is 15.0. The summed E-state index contributed by atoms with van der Waals surface area (Å²) in [6, 6.07) is 14.8. The summed E-state index contributed by atoms with van der Waals surface area (Å²) in [4.78, 5) is 39.6. The van der Waals surface area contributed by atoms with Gasteiger partial charge in [0.1, 0.15) is 0 Å². The van der Waals surface area contributed by atoms with Crippen molar-refractivity contribution >= 4 is 34.7 Å². The highest BCUT2D eigenvalue weighted by atomic mass is 32.1. The molecule has 2 aliphatic rings. The molecular formula is C24H23N5O5S. The maximum absolute atomic E-state index is 12.9. The average Bonchev–Trinajstić information content (AvgIpc) is 3.57. The summed E-state index contributed by atoms with van der Waals surface area (Å²) in [6.45, 7) is 1.52. The Hall–Kier alpha value is -3.99. The molecule has 3 heterocycles. The van der Waals surface area contributed by atoms with Crippen LogP contribution >= 0.6 is 11.3 Å². The minimum absolute atomic E-state index is 0.000609. The maximum atomic E-state index is 12.9. The number of anilines is 1. The van der Waals surface area contributed by atoms with Gasteiger partial charge in [-0.15, -0.1) is 10.2 Å². The molecule has 0 aliphatic carbocycles. The number of fused-ring (bicyclic) bond motifs is 1. The highest BCUT2D eigenvalue weighted by Crippen LogP contribution is 2.34. The number of piperidine rings is 1. The Morgan fingerprint density at radius 3 is 2.51 bits per heavy atom. The molecule has 35 heavy (non-hydrogen) atoms. The van der Waals surface area contributed by atoms with Gasteiger partial charge in [0.15, 0.2) is 11.5 Å². The number of hydrogen-bond donors (Lipinski definition) is 2. The monoisotopic (exact) mass is 493 g/mol. The number of nitrogens with one attached hydrogen (secondary N) is 2. The van der Waals surface area contributed by atoms with Crippen molar-refractivity contribution in [1.29, 1.82) is 0 Å². The summed E-state index contributed by atoms with van der Waals surface area (Å²) in [5.41, 5.74) is 1.57. The minimum atomic E-state index is -0.464. The van der Waals surface area contributed by atoms with Crippen LogP contribution in [0.4, 0.5) is 5.69 Å². The Kier molecular flexibility index (Phi) is 6.57. The first-order chi connectivity index (χ1) is 17.1. The first kappa shape index (κ1) is 22.8. The molecule has 1 saturated heterocycles. The molecule has 0 atom stereocenters. The van der Waals surface area contributed by atoms with Crippen LogP contribution in [0, 0.1) is 5.92 Å². The third-order valence-corrected chi connectivity index (χ3v) is 6.81. The summed E-state index contributed by atoms with van der Waals surface area (Å²) in [7, 11) is 0. The van der Waals surface area contributed by atoms with Gasteiger partial charge >= 0.3 is 0 Å². The van der Waals surface area contributed by atoms with Crippen molar-refractivity contribution < 1.29 is 23.9 Å². The number of ether oxygens (including phenoxy) is 2. The number of hydrogen-bond acceptors (Lipinski definition) is 8. The third kappa shape index (κ3) is 5.24. The molecule has 0 spiro atoms. The zero-order valence-electron chi connectivity index (χ0n) is 18.7. The fourth-order valence-corrected chi connectivity index (χ4v) is 4.68. The zero-order valence-corrected chi connectivity index (χ0v) is 19.5. The first-order valence-electron chi connectivity index (χ1n) is 11.2. The summed E-state index contributed by atoms with van der Waals surface area (Å²) in [5, 5.41) is 13.7. The van der Waals surface area contributed by atoms with Crippen molar-refractivity contribution in [2.45, 2.75) is 19.4 Å². The predicted octanol–water partition coefficient (Wildman–Crippen LogP) is 2.69. The van der Waals surface area contributed by atoms with E-state index in [1.165, 1.54) is 0 Å². The second-order valence-electron chi connectivity index (χ2n) is 8.20. The minimum Gasteiger partial charge on any atom is -0.454 e. The maximum Gasteiger partial charge on any atom is 0.286 e. The highest BCUT2D eigenvalue weighted by Gasteiger charge is 2.30. The van der Waals surface area contributed by atoms with E-state index < -0.39 is 5.91 Å². The van der Waals surface area contributed by atoms with E-state index >= 15 is 0 Å². The van der Waals surface area contributed by atoms with Crippen molar-refractivity contribution in [2.24, 2.45) is 5.92 Å². The third-order valence-electron chi connectivity index (χ3n) is 5.90. The van der Waals surface area contributed by atoms with Crippen LogP contribution in [0.2, 0.25) is 0 Å². The van der Waals surface area contributed by atoms with Crippen LogP contribution in [0.1, 0.15) is 38.0 Å². The van der Waals surface area contributed by atoms with E-state index in [0.717, 1.165) is 16.9 Å². The van der Waals surface area contributed by atoms with Crippen LogP contribution in [0.5, 0.6) is 11.5 Å². The van der Waals surface area contributed by atoms with Crippen molar-refractivity contribution in [2.75, 3.05) is 25.2 Å². The predicted molar refractivity (Wildman–Crippen MR) is 127 cm³/mol. The lowest BCUT2D eigenvalue weighted by Crippen LogP contribution is -2.42. The zero-order chi connectivity index (χ0) is 24.2. The second-order valence-corrected chi connectivity index (χ2v) is 9.18. The Labute approximate surface area is 205 Å². The average molecular weight is 494 g/mol. The van der Waals surface area contributed by atoms with Crippen molar-refractivity contribution in [3.05, 3.63) is 64.1 Å². The number of aromatic nitrogens is 2. The Balaban J connectivity index is 1.12. The van der Waals surface area contributed by atoms with Crippen LogP contribution in [-0.4, -0.2) is 52.7 Å². The topological polar surface area (TPSA) is 123 Å². The van der Waals surface area contributed by atoms with Gasteiger partial charge in [-0.25, -0.2) is 0 Å². The molecule has 5 rings (SSSR count). The molecule has 1 fully saturated rings. The van der Waals surface area contributed by atoms with Crippen LogP contribution in [0.25, 0.3) is 0 Å². The van der Waals surface area contributed by atoms with Crippen LogP contribution in [0.3, 0.4) is 0 Å². The molecule has 2 aromatic carbocycles. The number of rotatable bonds is 6. The molecule has 3 aromatic rings. The van der Waals surface area contributed by atoms with E-state index in [4.69, 9.17) is 9.47 Å². The van der Waals surface area contributed by atoms with E-state index in [1.807, 2.05) is 30.3 Å². The van der Waals surface area contributed by atoms with Crippen LogP contribution in [-0.2, 0) is 11.3 Å². The molecule has 1 aromatic heterocycles. The molecule has 0 radical (unpaired) electrons. The van der Waals surface area contributed by atoms with Crippen LogP contribution in [0.15, 0.2) is 48.5 Å². The molecule has 11 heteroatoms. The summed E-state index contributed by atoms with van der Waals surface area (Å²) < 4.78 is 10.6. The van der Waals surface area contributed by atoms with E-state index in [2.05, 4.69) is 20.8 Å². The summed E-state index contributed by atoms with van der Waals surface area (Å²) in [6.07, 6.45) is 1.14. The van der Waals surface area contributed by atoms with Gasteiger partial charge in [0.2, 0.25) is 22.7 Å². The standard InChI is InChI=1S/C24H23N5O5S/c30-20(25-13-15-4-2-1-3-5-15)16-8-10-29(11-9-16)24(32)23-28-27-22(35-23)21(31)26-17-6-7-18-19(12-17)34-14-33-18/h1-7,12,16H,8-11,13-14H2,(H,25,30)(H,26,31). The number of carbonyl (C=O) groups is 3. The van der Waals surface area contributed by atoms with Gasteiger partial charge in [-0.3, -0.25) is 14.4 Å². The lowest BCUT2D eigenvalue weighted by Gasteiger charge is -2.30. The fraction of sp³-hybridized carbons (Fsp3) is 0.292. The van der Waals surface area contributed by atoms with Gasteiger partial charge in [0, 0.05) is 37.3 Å². The smallest absolute Gasteiger partial charge is 0.286 e. The van der Waals surface area contributed by atoms with E-state index in [0.29, 0.717) is 49.7 Å². The quantitative estimate of drug-likeness (QED) is 0.541. The van der Waals surface area contributed by atoms with Crippen LogP contribution < -0.4 is 20.1 Å². The molecular weight excluding hydrogens is 470 g/mol. The molecule has 180 valence electrons. The Bertz CT molecular complexity index is 1240. The van der Waals surface area contributed by atoms with E-state index in [1.54, 1.807) is 23.1 Å². The molecule has 0 saturated carbocycles. The molecule has 2 aliphatic heterocycles. The van der Waals surface area contributed by atoms with E-state index in [-0.39, 0.29) is 34.5 Å². The number of benzene rings is 2. The number of carbonyl (C=O) groups excluding carboxylic acids is 3. The lowest BCUT2D eigenvalue weighted by molar-refractivity contribution is -0.126. The van der Waals surface area contributed by atoms with Gasteiger partial charge in [0.05, 0.1) is 0 Å². The van der Waals surface area contributed by atoms with Gasteiger partial charge in [-0.2, -0.15) is 0 Å². The van der Waals surface area contributed by atoms with Gasteiger partial charge in [-0.1, -0.05) is 41.7 Å². The molecule has 0 bridgehead atoms. The fourth-order valence-electron chi connectivity index (χ4n) is 3.97. The van der Waals surface area contributed by atoms with Gasteiger partial charge in [-0.05, 0) is 30.5 Å². The number of amides is 3. The van der Waals surface area contributed by atoms with Gasteiger partial charge in [0.25, 0.3) is 11.8 Å². The van der Waals surface area contributed by atoms with Gasteiger partial charge < -0.3 is 25.0 Å². The summed E-state index contributed by atoms with van der Waals surface area (Å²) in [5.74, 6) is 0.277. The number of likely N-dealkylation sites (tertiary alicyclic amines) is 1. The first-order valence-corrected chi connectivity index (χ1v) is 12.0. The Morgan fingerprint density at radius 1 is 0.971 bits per heavy atom. The number of nitrogens with zero attached hydrogens (tertiary/aromatic N) is 3. The second kappa shape index (κ2) is 10.1. The SMILES string of the molecule is O=C(Nc1ccc2c(c1)OCO2)c1nnc(C(=O)N2CCC(C(=O)NCc3ccccc3)CC2)s1. The van der Waals surface area contributed by atoms with E-state index in [9.17, 15) is 14.4 Å². The Morgan fingerprint density at radius 2 is 1.71 bits per heavy atom.